The van der Waals surface area contributed by atoms with Crippen molar-refractivity contribution in [3.05, 3.63) is 33.4 Å². The monoisotopic (exact) mass is 400 g/mol. The van der Waals surface area contributed by atoms with E-state index < -0.39 is 5.97 Å². The van der Waals surface area contributed by atoms with Gasteiger partial charge in [-0.25, -0.2) is 0 Å². The Balaban J connectivity index is 1.90. The predicted molar refractivity (Wildman–Crippen MR) is 107 cm³/mol. The fourth-order valence-electron chi connectivity index (χ4n) is 4.36. The molecule has 2 aromatic heterocycles. The molecule has 1 aliphatic heterocycles. The summed E-state index contributed by atoms with van der Waals surface area (Å²) in [4.78, 5) is 40.7. The minimum atomic E-state index is -0.439. The number of rotatable bonds is 4. The molecular weight excluding hydrogens is 372 g/mol. The largest absolute Gasteiger partial charge is 0.465 e. The molecule has 156 valence electrons. The Morgan fingerprint density at radius 1 is 1.24 bits per heavy atom. The van der Waals surface area contributed by atoms with Crippen molar-refractivity contribution in [2.24, 2.45) is 0 Å². The molecular formula is C21H28N4O4. The molecule has 0 saturated heterocycles. The number of ether oxygens (including phenoxy) is 1. The van der Waals surface area contributed by atoms with Gasteiger partial charge in [0.1, 0.15) is 17.9 Å². The number of amides is 1. The minimum absolute atomic E-state index is 0.126. The number of hydrogen-bond donors (Lipinski definition) is 0. The van der Waals surface area contributed by atoms with Crippen LogP contribution in [0.15, 0.2) is 10.9 Å². The Bertz CT molecular complexity index is 1040. The number of carbonyl (C=O) groups excluding carboxylic acids is 2. The second-order valence-corrected chi connectivity index (χ2v) is 8.94. The summed E-state index contributed by atoms with van der Waals surface area (Å²) in [5, 5.41) is 4.52. The second kappa shape index (κ2) is 7.00. The molecule has 0 spiro atoms. The molecule has 3 heterocycles. The molecule has 2 aliphatic rings. The second-order valence-electron chi connectivity index (χ2n) is 8.94. The SMILES string of the molecule is CCOC(=O)Cn1c2c(c(=O)n3nc(C(C)(C)C)cc13)CN(C1CCCC1)C2=O. The fraction of sp³-hybridized carbons (Fsp3) is 0.619. The lowest BCUT2D eigenvalue weighted by molar-refractivity contribution is -0.143. The Labute approximate surface area is 169 Å². The van der Waals surface area contributed by atoms with Gasteiger partial charge >= 0.3 is 5.97 Å². The van der Waals surface area contributed by atoms with Crippen LogP contribution in [0, 0.1) is 0 Å². The van der Waals surface area contributed by atoms with Gasteiger partial charge in [-0.15, -0.1) is 0 Å². The molecule has 0 unspecified atom stereocenters. The molecule has 29 heavy (non-hydrogen) atoms. The number of nitrogens with zero attached hydrogens (tertiary/aromatic N) is 4. The minimum Gasteiger partial charge on any atom is -0.465 e. The van der Waals surface area contributed by atoms with Gasteiger partial charge < -0.3 is 14.2 Å². The van der Waals surface area contributed by atoms with E-state index >= 15 is 0 Å². The topological polar surface area (TPSA) is 85.9 Å². The molecule has 1 saturated carbocycles. The van der Waals surface area contributed by atoms with E-state index in [-0.39, 0.29) is 42.6 Å². The van der Waals surface area contributed by atoms with Crippen LogP contribution >= 0.6 is 0 Å². The Hall–Kier alpha value is -2.64. The van der Waals surface area contributed by atoms with E-state index in [1.807, 2.05) is 20.8 Å². The van der Waals surface area contributed by atoms with Gasteiger partial charge in [0, 0.05) is 17.5 Å². The fourth-order valence-corrected chi connectivity index (χ4v) is 4.36. The predicted octanol–water partition coefficient (Wildman–Crippen LogP) is 2.25. The summed E-state index contributed by atoms with van der Waals surface area (Å²) < 4.78 is 8.08. The lowest BCUT2D eigenvalue weighted by Gasteiger charge is -2.23. The van der Waals surface area contributed by atoms with E-state index in [0.717, 1.165) is 31.4 Å². The molecule has 0 bridgehead atoms. The lowest BCUT2D eigenvalue weighted by atomic mass is 9.93. The van der Waals surface area contributed by atoms with Crippen molar-refractivity contribution in [2.75, 3.05) is 6.61 Å². The molecule has 0 atom stereocenters. The molecule has 4 rings (SSSR count). The smallest absolute Gasteiger partial charge is 0.326 e. The summed E-state index contributed by atoms with van der Waals surface area (Å²) in [7, 11) is 0. The van der Waals surface area contributed by atoms with Gasteiger partial charge in [-0.1, -0.05) is 33.6 Å². The van der Waals surface area contributed by atoms with Gasteiger partial charge in [0.15, 0.2) is 0 Å². The molecule has 8 nitrogen and oxygen atoms in total. The lowest BCUT2D eigenvalue weighted by Crippen LogP contribution is -2.34. The van der Waals surface area contributed by atoms with Crippen LogP contribution in [-0.2, 0) is 28.0 Å². The molecule has 2 aromatic rings. The van der Waals surface area contributed by atoms with Crippen LogP contribution in [0.4, 0.5) is 0 Å². The average molecular weight is 400 g/mol. The number of hydrogen-bond acceptors (Lipinski definition) is 5. The summed E-state index contributed by atoms with van der Waals surface area (Å²) >= 11 is 0. The zero-order valence-electron chi connectivity index (χ0n) is 17.5. The van der Waals surface area contributed by atoms with E-state index in [9.17, 15) is 14.4 Å². The molecule has 1 fully saturated rings. The number of fused-ring (bicyclic) bond motifs is 2. The molecule has 1 aliphatic carbocycles. The Kier molecular flexibility index (Phi) is 4.75. The first-order valence-corrected chi connectivity index (χ1v) is 10.3. The summed E-state index contributed by atoms with van der Waals surface area (Å²) in [6.45, 7) is 8.18. The molecule has 0 N–H and O–H groups in total. The first-order valence-electron chi connectivity index (χ1n) is 10.3. The van der Waals surface area contributed by atoms with Gasteiger partial charge in [-0.2, -0.15) is 9.61 Å². The van der Waals surface area contributed by atoms with Crippen LogP contribution in [0.3, 0.4) is 0 Å². The highest BCUT2D eigenvalue weighted by Gasteiger charge is 2.39. The zero-order valence-corrected chi connectivity index (χ0v) is 17.5. The quantitative estimate of drug-likeness (QED) is 0.735. The third kappa shape index (κ3) is 3.24. The standard InChI is InChI=1S/C21H28N4O4/c1-5-29-17(26)12-24-16-10-15(21(2,3)4)22-25(16)19(27)14-11-23(20(28)18(14)24)13-8-6-7-9-13/h10,13H,5-9,11-12H2,1-4H3. The number of esters is 1. The summed E-state index contributed by atoms with van der Waals surface area (Å²) in [6.07, 6.45) is 4.10. The Morgan fingerprint density at radius 3 is 2.55 bits per heavy atom. The highest BCUT2D eigenvalue weighted by Crippen LogP contribution is 2.32. The molecule has 0 radical (unpaired) electrons. The van der Waals surface area contributed by atoms with Gasteiger partial charge in [-0.05, 0) is 19.8 Å². The number of aromatic nitrogens is 3. The van der Waals surface area contributed by atoms with E-state index in [4.69, 9.17) is 4.74 Å². The summed E-state index contributed by atoms with van der Waals surface area (Å²) in [6, 6.07) is 1.95. The zero-order chi connectivity index (χ0) is 20.9. The highest BCUT2D eigenvalue weighted by atomic mass is 16.5. The first-order chi connectivity index (χ1) is 13.7. The van der Waals surface area contributed by atoms with Gasteiger partial charge in [-0.3, -0.25) is 14.4 Å². The van der Waals surface area contributed by atoms with E-state index in [0.29, 0.717) is 16.9 Å². The van der Waals surface area contributed by atoms with Gasteiger partial charge in [0.05, 0.1) is 24.4 Å². The maximum Gasteiger partial charge on any atom is 0.326 e. The van der Waals surface area contributed by atoms with Crippen molar-refractivity contribution < 1.29 is 14.3 Å². The molecule has 8 heteroatoms. The number of carbonyl (C=O) groups is 2. The molecule has 1 amide bonds. The average Bonchev–Trinajstić information content (AvgIpc) is 3.37. The van der Waals surface area contributed by atoms with Crippen LogP contribution in [0.1, 0.15) is 75.1 Å². The van der Waals surface area contributed by atoms with Crippen molar-refractivity contribution in [3.63, 3.8) is 0 Å². The van der Waals surface area contributed by atoms with Crippen molar-refractivity contribution in [1.82, 2.24) is 19.1 Å². The van der Waals surface area contributed by atoms with Crippen molar-refractivity contribution in [2.45, 2.75) is 77.9 Å². The van der Waals surface area contributed by atoms with Gasteiger partial charge in [0.2, 0.25) is 0 Å². The molecule has 0 aromatic carbocycles. The van der Waals surface area contributed by atoms with E-state index in [1.165, 1.54) is 4.52 Å². The summed E-state index contributed by atoms with van der Waals surface area (Å²) in [5.41, 5.74) is 1.36. The Morgan fingerprint density at radius 2 is 1.93 bits per heavy atom. The van der Waals surface area contributed by atoms with Crippen LogP contribution in [0.2, 0.25) is 0 Å². The van der Waals surface area contributed by atoms with Crippen molar-refractivity contribution in [1.29, 1.82) is 0 Å². The third-order valence-electron chi connectivity index (χ3n) is 5.89. The van der Waals surface area contributed by atoms with Crippen LogP contribution in [0.5, 0.6) is 0 Å². The van der Waals surface area contributed by atoms with Crippen molar-refractivity contribution in [3.8, 4) is 0 Å². The van der Waals surface area contributed by atoms with Gasteiger partial charge in [0.25, 0.3) is 11.5 Å². The van der Waals surface area contributed by atoms with Crippen LogP contribution in [-0.4, -0.2) is 43.6 Å². The first kappa shape index (κ1) is 19.7. The van der Waals surface area contributed by atoms with Crippen LogP contribution in [0.25, 0.3) is 5.65 Å². The maximum absolute atomic E-state index is 13.3. The van der Waals surface area contributed by atoms with E-state index in [1.54, 1.807) is 22.5 Å². The third-order valence-corrected chi connectivity index (χ3v) is 5.89. The highest BCUT2D eigenvalue weighted by molar-refractivity contribution is 5.98. The van der Waals surface area contributed by atoms with Crippen molar-refractivity contribution >= 4 is 17.5 Å². The summed E-state index contributed by atoms with van der Waals surface area (Å²) in [5.74, 6) is -0.611. The normalized spacial score (nSPS) is 17.4. The van der Waals surface area contributed by atoms with E-state index in [2.05, 4.69) is 5.10 Å². The van der Waals surface area contributed by atoms with Crippen LogP contribution < -0.4 is 5.56 Å². The maximum atomic E-state index is 13.3.